The Morgan fingerprint density at radius 2 is 2.17 bits per heavy atom. The van der Waals surface area contributed by atoms with Gasteiger partial charge >= 0.3 is 5.69 Å². The summed E-state index contributed by atoms with van der Waals surface area (Å²) in [7, 11) is 3.93. The lowest BCUT2D eigenvalue weighted by Crippen LogP contribution is -2.44. The molecule has 0 aromatic carbocycles. The molecule has 0 saturated heterocycles. The molecule has 18 heavy (non-hydrogen) atoms. The molecule has 0 bridgehead atoms. The van der Waals surface area contributed by atoms with Gasteiger partial charge in [-0.2, -0.15) is 0 Å². The fourth-order valence-electron chi connectivity index (χ4n) is 1.16. The van der Waals surface area contributed by atoms with Crippen LogP contribution < -0.4 is 5.32 Å². The average Bonchev–Trinajstić information content (AvgIpc) is 2.27. The van der Waals surface area contributed by atoms with Crippen molar-refractivity contribution in [2.24, 2.45) is 0 Å². The molecule has 1 heterocycles. The molecule has 0 fully saturated rings. The molecule has 1 rings (SSSR count). The van der Waals surface area contributed by atoms with Crippen LogP contribution in [0.25, 0.3) is 0 Å². The lowest BCUT2D eigenvalue weighted by atomic mass is 10.0. The van der Waals surface area contributed by atoms with Crippen LogP contribution >= 0.6 is 15.9 Å². The molecular formula is C11H17BrN4O2. The van der Waals surface area contributed by atoms with Crippen molar-refractivity contribution in [3.63, 3.8) is 0 Å². The zero-order valence-corrected chi connectivity index (χ0v) is 12.5. The van der Waals surface area contributed by atoms with Gasteiger partial charge in [0.25, 0.3) is 0 Å². The molecule has 0 unspecified atom stereocenters. The Labute approximate surface area is 115 Å². The summed E-state index contributed by atoms with van der Waals surface area (Å²) in [5.74, 6) is 0.290. The third-order valence-corrected chi connectivity index (χ3v) is 3.36. The predicted molar refractivity (Wildman–Crippen MR) is 74.8 cm³/mol. The first-order chi connectivity index (χ1) is 8.24. The Morgan fingerprint density at radius 3 is 2.67 bits per heavy atom. The number of hydrogen-bond donors (Lipinski definition) is 1. The van der Waals surface area contributed by atoms with Crippen molar-refractivity contribution in [2.75, 3.05) is 26.0 Å². The lowest BCUT2D eigenvalue weighted by Gasteiger charge is -2.32. The Hall–Kier alpha value is -1.21. The Kier molecular flexibility index (Phi) is 4.64. The first-order valence-corrected chi connectivity index (χ1v) is 6.24. The third-order valence-electron chi connectivity index (χ3n) is 2.93. The second kappa shape index (κ2) is 5.62. The van der Waals surface area contributed by atoms with Crippen LogP contribution in [0.1, 0.15) is 13.8 Å². The van der Waals surface area contributed by atoms with E-state index in [0.717, 1.165) is 0 Å². The number of nitro groups is 1. The molecule has 6 nitrogen and oxygen atoms in total. The molecule has 0 aliphatic carbocycles. The first kappa shape index (κ1) is 14.8. The van der Waals surface area contributed by atoms with Crippen LogP contribution in [0.4, 0.5) is 11.5 Å². The Balaban J connectivity index is 2.89. The van der Waals surface area contributed by atoms with Crippen LogP contribution in [0.3, 0.4) is 0 Å². The highest BCUT2D eigenvalue weighted by atomic mass is 79.9. The highest BCUT2D eigenvalue weighted by molar-refractivity contribution is 9.10. The third kappa shape index (κ3) is 3.64. The largest absolute Gasteiger partial charge is 0.363 e. The van der Waals surface area contributed by atoms with Crippen LogP contribution in [0.15, 0.2) is 16.7 Å². The number of hydrogen-bond acceptors (Lipinski definition) is 5. The summed E-state index contributed by atoms with van der Waals surface area (Å²) in [6.45, 7) is 4.66. The van der Waals surface area contributed by atoms with E-state index in [9.17, 15) is 10.1 Å². The molecule has 0 radical (unpaired) electrons. The summed E-state index contributed by atoms with van der Waals surface area (Å²) in [5.41, 5.74) is -0.151. The summed E-state index contributed by atoms with van der Waals surface area (Å²) in [6, 6.07) is 1.44. The van der Waals surface area contributed by atoms with Gasteiger partial charge in [-0.1, -0.05) is 0 Å². The number of aromatic nitrogens is 1. The quantitative estimate of drug-likeness (QED) is 0.667. The van der Waals surface area contributed by atoms with Crippen LogP contribution in [-0.2, 0) is 0 Å². The number of nitrogens with zero attached hydrogens (tertiary/aromatic N) is 3. The number of anilines is 1. The maximum Gasteiger partial charge on any atom is 0.312 e. The van der Waals surface area contributed by atoms with E-state index in [-0.39, 0.29) is 17.0 Å². The van der Waals surface area contributed by atoms with E-state index in [1.807, 2.05) is 32.8 Å². The van der Waals surface area contributed by atoms with Crippen LogP contribution in [0, 0.1) is 10.1 Å². The second-order valence-electron chi connectivity index (χ2n) is 4.84. The van der Waals surface area contributed by atoms with Crippen molar-refractivity contribution in [3.8, 4) is 0 Å². The fraction of sp³-hybridized carbons (Fsp3) is 0.545. The number of likely N-dealkylation sites (N-methyl/N-ethyl adjacent to an activating group) is 1. The number of halogens is 1. The molecule has 7 heteroatoms. The van der Waals surface area contributed by atoms with Gasteiger partial charge in [-0.3, -0.25) is 10.1 Å². The summed E-state index contributed by atoms with van der Waals surface area (Å²) in [4.78, 5) is 16.6. The SMILES string of the molecule is CN(C)C(C)(C)CNc1ncc(Br)cc1[N+](=O)[O-]. The first-order valence-electron chi connectivity index (χ1n) is 5.45. The van der Waals surface area contributed by atoms with Crippen molar-refractivity contribution in [1.82, 2.24) is 9.88 Å². The molecule has 1 N–H and O–H groups in total. The van der Waals surface area contributed by atoms with Crippen molar-refractivity contribution in [3.05, 3.63) is 26.9 Å². The van der Waals surface area contributed by atoms with E-state index in [2.05, 4.69) is 26.2 Å². The summed E-state index contributed by atoms with van der Waals surface area (Å²) in [5, 5.41) is 14.0. The van der Waals surface area contributed by atoms with Gasteiger partial charge in [0.15, 0.2) is 0 Å². The van der Waals surface area contributed by atoms with Crippen molar-refractivity contribution < 1.29 is 4.92 Å². The maximum atomic E-state index is 10.9. The molecular weight excluding hydrogens is 300 g/mol. The van der Waals surface area contributed by atoms with Gasteiger partial charge in [-0.15, -0.1) is 0 Å². The minimum absolute atomic E-state index is 0.0288. The highest BCUT2D eigenvalue weighted by Gasteiger charge is 2.23. The molecule has 0 saturated carbocycles. The molecule has 1 aromatic rings. The molecule has 0 aliphatic heterocycles. The van der Waals surface area contributed by atoms with E-state index in [1.165, 1.54) is 12.3 Å². The van der Waals surface area contributed by atoms with E-state index < -0.39 is 4.92 Å². The number of rotatable bonds is 5. The predicted octanol–water partition coefficient (Wildman–Crippen LogP) is 2.50. The molecule has 0 atom stereocenters. The monoisotopic (exact) mass is 316 g/mol. The van der Waals surface area contributed by atoms with E-state index in [1.54, 1.807) is 0 Å². The van der Waals surface area contributed by atoms with Gasteiger partial charge in [0.1, 0.15) is 0 Å². The topological polar surface area (TPSA) is 71.3 Å². The van der Waals surface area contributed by atoms with Gasteiger partial charge in [-0.25, -0.2) is 4.98 Å². The zero-order valence-electron chi connectivity index (χ0n) is 10.9. The molecule has 100 valence electrons. The second-order valence-corrected chi connectivity index (χ2v) is 5.75. The van der Waals surface area contributed by atoms with Gasteiger partial charge in [0.2, 0.25) is 5.82 Å². The van der Waals surface area contributed by atoms with Gasteiger partial charge < -0.3 is 10.2 Å². The van der Waals surface area contributed by atoms with Crippen molar-refractivity contribution >= 4 is 27.4 Å². The van der Waals surface area contributed by atoms with Crippen LogP contribution in [-0.4, -0.2) is 41.0 Å². The van der Waals surface area contributed by atoms with E-state index in [4.69, 9.17) is 0 Å². The standard InChI is InChI=1S/C11H17BrN4O2/c1-11(2,15(3)4)7-14-10-9(16(17)18)5-8(12)6-13-10/h5-6H,7H2,1-4H3,(H,13,14). The van der Waals surface area contributed by atoms with Crippen LogP contribution in [0.2, 0.25) is 0 Å². The summed E-state index contributed by atoms with van der Waals surface area (Å²) in [6.07, 6.45) is 1.54. The maximum absolute atomic E-state index is 10.9. The Morgan fingerprint density at radius 1 is 1.56 bits per heavy atom. The number of pyridine rings is 1. The smallest absolute Gasteiger partial charge is 0.312 e. The summed E-state index contributed by atoms with van der Waals surface area (Å²) >= 11 is 3.18. The van der Waals surface area contributed by atoms with Crippen molar-refractivity contribution in [1.29, 1.82) is 0 Å². The summed E-state index contributed by atoms with van der Waals surface area (Å²) < 4.78 is 0.589. The van der Waals surface area contributed by atoms with Gasteiger partial charge in [0, 0.05) is 28.8 Å². The highest BCUT2D eigenvalue weighted by Crippen LogP contribution is 2.26. The normalized spacial score (nSPS) is 11.7. The molecule has 1 aromatic heterocycles. The zero-order chi connectivity index (χ0) is 13.9. The minimum Gasteiger partial charge on any atom is -0.363 e. The number of nitrogens with one attached hydrogen (secondary N) is 1. The van der Waals surface area contributed by atoms with Gasteiger partial charge in [0.05, 0.1) is 4.92 Å². The fourth-order valence-corrected chi connectivity index (χ4v) is 1.48. The lowest BCUT2D eigenvalue weighted by molar-refractivity contribution is -0.384. The Bertz CT molecular complexity index is 449. The molecule has 0 amide bonds. The average molecular weight is 317 g/mol. The molecule has 0 aliphatic rings. The molecule has 0 spiro atoms. The van der Waals surface area contributed by atoms with Crippen molar-refractivity contribution in [2.45, 2.75) is 19.4 Å². The van der Waals surface area contributed by atoms with E-state index in [0.29, 0.717) is 11.0 Å². The van der Waals surface area contributed by atoms with Crippen LogP contribution in [0.5, 0.6) is 0 Å². The minimum atomic E-state index is -0.442. The van der Waals surface area contributed by atoms with Gasteiger partial charge in [-0.05, 0) is 43.9 Å². The van der Waals surface area contributed by atoms with E-state index >= 15 is 0 Å².